The summed E-state index contributed by atoms with van der Waals surface area (Å²) in [5.41, 5.74) is 6.20. The maximum Gasteiger partial charge on any atom is 0.156 e. The van der Waals surface area contributed by atoms with Gasteiger partial charge < -0.3 is 10.5 Å². The first kappa shape index (κ1) is 8.21. The Labute approximate surface area is 71.0 Å². The summed E-state index contributed by atoms with van der Waals surface area (Å²) in [7, 11) is 1.56. The number of hydrogen-bond donors (Lipinski definition) is 1. The predicted molar refractivity (Wildman–Crippen MR) is 45.9 cm³/mol. The van der Waals surface area contributed by atoms with Crippen LogP contribution in [0.15, 0.2) is 34.7 Å². The summed E-state index contributed by atoms with van der Waals surface area (Å²) in [6, 6.07) is 0. The summed E-state index contributed by atoms with van der Waals surface area (Å²) in [4.78, 5) is 0. The van der Waals surface area contributed by atoms with E-state index in [0.29, 0.717) is 22.9 Å². The standard InChI is InChI=1S/C8H10ClNO/c1-11-8-6(9)4-2-3-5-7(8)10/h2-3,5H,4,10H2,1H3. The quantitative estimate of drug-likeness (QED) is 0.654. The molecule has 2 N–H and O–H groups in total. The van der Waals surface area contributed by atoms with E-state index in [0.717, 1.165) is 0 Å². The van der Waals surface area contributed by atoms with Crippen LogP contribution in [0.2, 0.25) is 0 Å². The van der Waals surface area contributed by atoms with Gasteiger partial charge in [-0.3, -0.25) is 0 Å². The van der Waals surface area contributed by atoms with E-state index in [1.807, 2.05) is 12.2 Å². The second-order valence-corrected chi connectivity index (χ2v) is 2.65. The minimum atomic E-state index is 0.575. The van der Waals surface area contributed by atoms with Gasteiger partial charge in [-0.15, -0.1) is 0 Å². The fourth-order valence-corrected chi connectivity index (χ4v) is 1.17. The molecule has 0 aromatic carbocycles. The third kappa shape index (κ3) is 1.77. The first-order valence-electron chi connectivity index (χ1n) is 3.31. The lowest BCUT2D eigenvalue weighted by atomic mass is 10.3. The Morgan fingerprint density at radius 3 is 3.00 bits per heavy atom. The van der Waals surface area contributed by atoms with Gasteiger partial charge in [0.05, 0.1) is 17.8 Å². The Kier molecular flexibility index (Phi) is 2.60. The van der Waals surface area contributed by atoms with Gasteiger partial charge in [0.1, 0.15) is 0 Å². The van der Waals surface area contributed by atoms with Crippen LogP contribution in [0.1, 0.15) is 6.42 Å². The number of ether oxygens (including phenoxy) is 1. The van der Waals surface area contributed by atoms with Crippen LogP contribution in [0.25, 0.3) is 0 Å². The normalized spacial score (nSPS) is 17.8. The number of hydrogen-bond acceptors (Lipinski definition) is 2. The fraction of sp³-hybridized carbons (Fsp3) is 0.250. The van der Waals surface area contributed by atoms with Crippen molar-refractivity contribution < 1.29 is 4.74 Å². The van der Waals surface area contributed by atoms with Crippen molar-refractivity contribution >= 4 is 11.6 Å². The van der Waals surface area contributed by atoms with Gasteiger partial charge in [0.25, 0.3) is 0 Å². The number of methoxy groups -OCH3 is 1. The highest BCUT2D eigenvalue weighted by molar-refractivity contribution is 6.30. The number of allylic oxidation sites excluding steroid dienone is 4. The lowest BCUT2D eigenvalue weighted by Gasteiger charge is -2.06. The molecule has 2 nitrogen and oxygen atoms in total. The maximum absolute atomic E-state index is 5.86. The lowest BCUT2D eigenvalue weighted by Crippen LogP contribution is -2.03. The highest BCUT2D eigenvalue weighted by Crippen LogP contribution is 2.21. The van der Waals surface area contributed by atoms with Crippen molar-refractivity contribution in [3.05, 3.63) is 34.7 Å². The summed E-state index contributed by atoms with van der Waals surface area (Å²) in [5.74, 6) is 0.580. The van der Waals surface area contributed by atoms with Crippen LogP contribution >= 0.6 is 11.6 Å². The lowest BCUT2D eigenvalue weighted by molar-refractivity contribution is 0.297. The molecule has 0 fully saturated rings. The molecule has 0 aromatic heterocycles. The Bertz CT molecular complexity index is 240. The third-order valence-electron chi connectivity index (χ3n) is 1.42. The van der Waals surface area contributed by atoms with E-state index in [9.17, 15) is 0 Å². The second-order valence-electron chi connectivity index (χ2n) is 2.19. The molecule has 11 heavy (non-hydrogen) atoms. The van der Waals surface area contributed by atoms with Gasteiger partial charge in [0, 0.05) is 6.42 Å². The molecule has 1 aliphatic carbocycles. The highest BCUT2D eigenvalue weighted by atomic mass is 35.5. The Balaban J connectivity index is 2.99. The van der Waals surface area contributed by atoms with E-state index < -0.39 is 0 Å². The molecule has 0 unspecified atom stereocenters. The Morgan fingerprint density at radius 2 is 2.36 bits per heavy atom. The van der Waals surface area contributed by atoms with E-state index >= 15 is 0 Å². The monoisotopic (exact) mass is 171 g/mol. The van der Waals surface area contributed by atoms with Gasteiger partial charge in [-0.2, -0.15) is 0 Å². The number of rotatable bonds is 1. The average molecular weight is 172 g/mol. The van der Waals surface area contributed by atoms with Gasteiger partial charge in [-0.1, -0.05) is 23.8 Å². The van der Waals surface area contributed by atoms with Crippen LogP contribution in [0.3, 0.4) is 0 Å². The molecular formula is C8H10ClNO. The van der Waals surface area contributed by atoms with Crippen LogP contribution in [-0.4, -0.2) is 7.11 Å². The molecule has 0 spiro atoms. The zero-order valence-electron chi connectivity index (χ0n) is 6.30. The Morgan fingerprint density at radius 1 is 1.64 bits per heavy atom. The molecule has 0 saturated heterocycles. The molecule has 0 saturated carbocycles. The van der Waals surface area contributed by atoms with Crippen molar-refractivity contribution in [2.45, 2.75) is 6.42 Å². The Hall–Kier alpha value is -0.890. The van der Waals surface area contributed by atoms with Crippen LogP contribution in [0.5, 0.6) is 0 Å². The average Bonchev–Trinajstić information content (AvgIpc) is 2.12. The van der Waals surface area contributed by atoms with E-state index in [4.69, 9.17) is 22.1 Å². The number of nitrogens with two attached hydrogens (primary N) is 1. The van der Waals surface area contributed by atoms with Gasteiger partial charge in [-0.25, -0.2) is 0 Å². The van der Waals surface area contributed by atoms with Gasteiger partial charge >= 0.3 is 0 Å². The van der Waals surface area contributed by atoms with Crippen molar-refractivity contribution in [2.24, 2.45) is 5.73 Å². The molecule has 3 heteroatoms. The molecule has 0 heterocycles. The van der Waals surface area contributed by atoms with Gasteiger partial charge in [0.2, 0.25) is 0 Å². The summed E-state index contributed by atoms with van der Waals surface area (Å²) in [6.45, 7) is 0. The molecular weight excluding hydrogens is 162 g/mol. The van der Waals surface area contributed by atoms with Crippen molar-refractivity contribution in [3.8, 4) is 0 Å². The number of halogens is 1. The molecule has 0 atom stereocenters. The molecule has 0 bridgehead atoms. The van der Waals surface area contributed by atoms with Crippen LogP contribution in [0, 0.1) is 0 Å². The topological polar surface area (TPSA) is 35.2 Å². The molecule has 1 rings (SSSR count). The smallest absolute Gasteiger partial charge is 0.156 e. The second kappa shape index (κ2) is 3.49. The minimum absolute atomic E-state index is 0.575. The summed E-state index contributed by atoms with van der Waals surface area (Å²) < 4.78 is 5.01. The van der Waals surface area contributed by atoms with Crippen molar-refractivity contribution in [1.29, 1.82) is 0 Å². The summed E-state index contributed by atoms with van der Waals surface area (Å²) in [5, 5.41) is 0.648. The fourth-order valence-electron chi connectivity index (χ4n) is 0.897. The first-order chi connectivity index (χ1) is 5.25. The van der Waals surface area contributed by atoms with Gasteiger partial charge in [0.15, 0.2) is 5.76 Å². The van der Waals surface area contributed by atoms with Crippen molar-refractivity contribution in [1.82, 2.24) is 0 Å². The van der Waals surface area contributed by atoms with Crippen molar-refractivity contribution in [3.63, 3.8) is 0 Å². The molecule has 0 radical (unpaired) electrons. The molecule has 0 aromatic rings. The zero-order chi connectivity index (χ0) is 8.27. The SMILES string of the molecule is COC1=C(Cl)CC=CC=C1N. The minimum Gasteiger partial charge on any atom is -0.493 e. The van der Waals surface area contributed by atoms with E-state index in [1.54, 1.807) is 13.2 Å². The molecule has 1 aliphatic rings. The highest BCUT2D eigenvalue weighted by Gasteiger charge is 2.07. The molecule has 0 amide bonds. The van der Waals surface area contributed by atoms with E-state index in [2.05, 4.69) is 0 Å². The van der Waals surface area contributed by atoms with Crippen LogP contribution in [0.4, 0.5) is 0 Å². The van der Waals surface area contributed by atoms with E-state index in [1.165, 1.54) is 0 Å². The zero-order valence-corrected chi connectivity index (χ0v) is 7.06. The largest absolute Gasteiger partial charge is 0.493 e. The molecule has 0 aliphatic heterocycles. The summed E-state index contributed by atoms with van der Waals surface area (Å²) >= 11 is 5.86. The molecule has 60 valence electrons. The summed E-state index contributed by atoms with van der Waals surface area (Å²) in [6.07, 6.45) is 6.25. The van der Waals surface area contributed by atoms with E-state index in [-0.39, 0.29) is 0 Å². The van der Waals surface area contributed by atoms with Gasteiger partial charge in [-0.05, 0) is 6.08 Å². The van der Waals surface area contributed by atoms with Crippen LogP contribution in [-0.2, 0) is 4.74 Å². The third-order valence-corrected chi connectivity index (χ3v) is 1.75. The maximum atomic E-state index is 5.86. The van der Waals surface area contributed by atoms with Crippen molar-refractivity contribution in [2.75, 3.05) is 7.11 Å². The predicted octanol–water partition coefficient (Wildman–Crippen LogP) is 1.89. The van der Waals surface area contributed by atoms with Crippen LogP contribution < -0.4 is 5.73 Å². The first-order valence-corrected chi connectivity index (χ1v) is 3.69.